The van der Waals surface area contributed by atoms with E-state index in [1.54, 1.807) is 0 Å². The summed E-state index contributed by atoms with van der Waals surface area (Å²) in [5.41, 5.74) is 7.91. The normalized spacial score (nSPS) is 12.0. The van der Waals surface area contributed by atoms with Crippen LogP contribution in [0.3, 0.4) is 0 Å². The van der Waals surface area contributed by atoms with Gasteiger partial charge in [-0.15, -0.1) is 0 Å². The van der Waals surface area contributed by atoms with Crippen LogP contribution in [-0.2, 0) is 6.54 Å². The fourth-order valence-corrected chi connectivity index (χ4v) is 4.73. The number of nitrogens with zero attached hydrogens (tertiary/aromatic N) is 3. The van der Waals surface area contributed by atoms with E-state index in [4.69, 9.17) is 0 Å². The van der Waals surface area contributed by atoms with Crippen molar-refractivity contribution in [3.05, 3.63) is 120 Å². The summed E-state index contributed by atoms with van der Waals surface area (Å²) in [7, 11) is 0. The molecule has 6 rings (SSSR count). The van der Waals surface area contributed by atoms with Crippen molar-refractivity contribution >= 4 is 57.0 Å². The Kier molecular flexibility index (Phi) is 5.44. The van der Waals surface area contributed by atoms with Gasteiger partial charge in [-0.25, -0.2) is 0 Å². The largest absolute Gasteiger partial charge is 0.347 e. The highest BCUT2D eigenvalue weighted by Gasteiger charge is 2.07. The molecule has 0 aliphatic heterocycles. The summed E-state index contributed by atoms with van der Waals surface area (Å²) in [5, 5.41) is 3.55. The van der Waals surface area contributed by atoms with Crippen molar-refractivity contribution in [1.82, 2.24) is 14.5 Å². The molecule has 3 nitrogen and oxygen atoms in total. The molecule has 168 valence electrons. The van der Waals surface area contributed by atoms with E-state index < -0.39 is 0 Å². The number of aryl methyl sites for hydroxylation is 1. The molecule has 0 fully saturated rings. The van der Waals surface area contributed by atoms with E-state index in [0.29, 0.717) is 0 Å². The first-order valence-electron chi connectivity index (χ1n) is 12.0. The Balaban J connectivity index is 1.39. The second kappa shape index (κ2) is 9.03. The van der Waals surface area contributed by atoms with Crippen molar-refractivity contribution in [1.29, 1.82) is 0 Å². The predicted molar refractivity (Wildman–Crippen MR) is 149 cm³/mol. The smallest absolute Gasteiger partial charge is 0.0774 e. The van der Waals surface area contributed by atoms with Gasteiger partial charge < -0.3 is 4.57 Å². The summed E-state index contributed by atoms with van der Waals surface area (Å²) in [6.07, 6.45) is 14.7. The minimum absolute atomic E-state index is 0.928. The number of rotatable bonds is 5. The van der Waals surface area contributed by atoms with Crippen LogP contribution in [-0.4, -0.2) is 14.5 Å². The molecule has 0 saturated heterocycles. The average molecular weight is 452 g/mol. The maximum atomic E-state index is 4.60. The summed E-state index contributed by atoms with van der Waals surface area (Å²) in [5.74, 6) is 0. The van der Waals surface area contributed by atoms with Gasteiger partial charge in [0.15, 0.2) is 0 Å². The van der Waals surface area contributed by atoms with Gasteiger partial charge in [-0.05, 0) is 36.8 Å². The van der Waals surface area contributed by atoms with E-state index in [0.717, 1.165) is 39.5 Å². The second-order valence-corrected chi connectivity index (χ2v) is 8.66. The van der Waals surface area contributed by atoms with Gasteiger partial charge in [0.25, 0.3) is 0 Å². The van der Waals surface area contributed by atoms with E-state index in [1.807, 2.05) is 24.5 Å². The average Bonchev–Trinajstić information content (AvgIpc) is 3.27. The van der Waals surface area contributed by atoms with Crippen LogP contribution in [0.1, 0.15) is 29.2 Å². The lowest BCUT2D eigenvalue weighted by molar-refractivity contribution is 0.797. The van der Waals surface area contributed by atoms with Gasteiger partial charge in [-0.1, -0.05) is 78.9 Å². The van der Waals surface area contributed by atoms with Gasteiger partial charge in [0.2, 0.25) is 0 Å². The second-order valence-electron chi connectivity index (χ2n) is 8.66. The van der Waals surface area contributed by atoms with E-state index in [-0.39, 0.29) is 0 Å². The van der Waals surface area contributed by atoms with Crippen molar-refractivity contribution in [2.75, 3.05) is 0 Å². The van der Waals surface area contributed by atoms with Crippen molar-refractivity contribution in [3.8, 4) is 0 Å². The topological polar surface area (TPSA) is 30.7 Å². The van der Waals surface area contributed by atoms with E-state index in [2.05, 4.69) is 119 Å². The third kappa shape index (κ3) is 4.02. The van der Waals surface area contributed by atoms with E-state index >= 15 is 0 Å². The predicted octanol–water partition coefficient (Wildman–Crippen LogP) is 8.10. The number of hydrogen-bond donors (Lipinski definition) is 0. The quantitative estimate of drug-likeness (QED) is 0.248. The van der Waals surface area contributed by atoms with E-state index in [1.165, 1.54) is 22.0 Å². The van der Waals surface area contributed by atoms with Gasteiger partial charge in [0, 0.05) is 63.5 Å². The zero-order chi connectivity index (χ0) is 23.6. The van der Waals surface area contributed by atoms with Crippen molar-refractivity contribution in [3.63, 3.8) is 0 Å². The lowest BCUT2D eigenvalue weighted by Gasteiger charge is -2.03. The standard InChI is InChI=1S/C32H25N3/c1-2-35-22-28(17-16-27-10-4-8-25-12-6-20-34-32(25)27)29-21-23(14-18-30(29)35)13-15-26-9-3-7-24-11-5-19-33-31(24)26/h3-22H,2H2,1H3/b15-13+,17-16+. The van der Waals surface area contributed by atoms with Crippen LogP contribution in [0.2, 0.25) is 0 Å². The highest BCUT2D eigenvalue weighted by molar-refractivity contribution is 5.97. The zero-order valence-electron chi connectivity index (χ0n) is 19.6. The Morgan fingerprint density at radius 2 is 1.26 bits per heavy atom. The van der Waals surface area contributed by atoms with Crippen molar-refractivity contribution in [2.45, 2.75) is 13.5 Å². The fourth-order valence-electron chi connectivity index (χ4n) is 4.73. The lowest BCUT2D eigenvalue weighted by atomic mass is 10.0. The molecule has 0 amide bonds. The number of aromatic nitrogens is 3. The Bertz CT molecular complexity index is 1730. The molecule has 6 aromatic rings. The molecule has 3 heteroatoms. The Morgan fingerprint density at radius 3 is 1.91 bits per heavy atom. The third-order valence-electron chi connectivity index (χ3n) is 6.50. The molecular formula is C32H25N3. The summed E-state index contributed by atoms with van der Waals surface area (Å²) < 4.78 is 2.30. The molecule has 0 saturated carbocycles. The molecule has 3 aromatic carbocycles. The van der Waals surface area contributed by atoms with Crippen LogP contribution >= 0.6 is 0 Å². The van der Waals surface area contributed by atoms with Crippen LogP contribution in [0.25, 0.3) is 57.0 Å². The molecule has 0 unspecified atom stereocenters. The minimum Gasteiger partial charge on any atom is -0.347 e. The molecule has 0 N–H and O–H groups in total. The van der Waals surface area contributed by atoms with Crippen LogP contribution in [0, 0.1) is 0 Å². The van der Waals surface area contributed by atoms with Gasteiger partial charge in [0.05, 0.1) is 11.0 Å². The van der Waals surface area contributed by atoms with Crippen LogP contribution in [0.15, 0.2) is 97.5 Å². The molecule has 0 aliphatic carbocycles. The molecule has 0 aliphatic rings. The summed E-state index contributed by atoms with van der Waals surface area (Å²) >= 11 is 0. The first kappa shape index (κ1) is 21.1. The Morgan fingerprint density at radius 1 is 0.657 bits per heavy atom. The maximum absolute atomic E-state index is 4.60. The van der Waals surface area contributed by atoms with Crippen molar-refractivity contribution in [2.24, 2.45) is 0 Å². The molecule has 0 atom stereocenters. The summed E-state index contributed by atoms with van der Waals surface area (Å²) in [4.78, 5) is 9.17. The van der Waals surface area contributed by atoms with Crippen molar-refractivity contribution < 1.29 is 0 Å². The van der Waals surface area contributed by atoms with Gasteiger partial charge >= 0.3 is 0 Å². The number of para-hydroxylation sites is 2. The number of pyridine rings is 2. The van der Waals surface area contributed by atoms with Gasteiger partial charge in [-0.2, -0.15) is 0 Å². The lowest BCUT2D eigenvalue weighted by Crippen LogP contribution is -1.90. The Hall–Kier alpha value is -4.50. The maximum Gasteiger partial charge on any atom is 0.0774 e. The van der Waals surface area contributed by atoms with E-state index in [9.17, 15) is 0 Å². The molecule has 0 radical (unpaired) electrons. The molecule has 35 heavy (non-hydrogen) atoms. The first-order valence-corrected chi connectivity index (χ1v) is 12.0. The monoisotopic (exact) mass is 451 g/mol. The highest BCUT2D eigenvalue weighted by Crippen LogP contribution is 2.27. The number of benzene rings is 3. The van der Waals surface area contributed by atoms with Crippen LogP contribution < -0.4 is 0 Å². The third-order valence-corrected chi connectivity index (χ3v) is 6.50. The molecular weight excluding hydrogens is 426 g/mol. The number of hydrogen-bond acceptors (Lipinski definition) is 2. The highest BCUT2D eigenvalue weighted by atomic mass is 14.9. The Labute approximate surface area is 204 Å². The summed E-state index contributed by atoms with van der Waals surface area (Å²) in [6, 6.07) is 27.5. The SMILES string of the molecule is CCn1cc(/C=C/c2cccc3cccnc23)c2cc(/C=C/c3cccc4cccnc34)ccc21. The minimum atomic E-state index is 0.928. The zero-order valence-corrected chi connectivity index (χ0v) is 19.6. The fraction of sp³-hybridized carbons (Fsp3) is 0.0625. The first-order chi connectivity index (χ1) is 17.3. The summed E-state index contributed by atoms with van der Waals surface area (Å²) in [6.45, 7) is 3.11. The molecule has 0 spiro atoms. The molecule has 3 heterocycles. The molecule has 0 bridgehead atoms. The van der Waals surface area contributed by atoms with Gasteiger partial charge in [-0.3, -0.25) is 9.97 Å². The van der Waals surface area contributed by atoms with Crippen LogP contribution in [0.4, 0.5) is 0 Å². The van der Waals surface area contributed by atoms with Gasteiger partial charge in [0.1, 0.15) is 0 Å². The molecule has 3 aromatic heterocycles. The van der Waals surface area contributed by atoms with Crippen LogP contribution in [0.5, 0.6) is 0 Å². The number of fused-ring (bicyclic) bond motifs is 3.